The summed E-state index contributed by atoms with van der Waals surface area (Å²) >= 11 is 6.14. The molecule has 2 aromatic rings. The highest BCUT2D eigenvalue weighted by Gasteiger charge is 2.35. The number of halogens is 2. The van der Waals surface area contributed by atoms with E-state index in [1.54, 1.807) is 23.1 Å². The van der Waals surface area contributed by atoms with Gasteiger partial charge in [0.05, 0.1) is 11.4 Å². The highest BCUT2D eigenvalue weighted by atomic mass is 35.5. The van der Waals surface area contributed by atoms with Crippen molar-refractivity contribution in [2.24, 2.45) is 0 Å². The van der Waals surface area contributed by atoms with Crippen LogP contribution in [-0.2, 0) is 16.6 Å². The molecule has 0 unspecified atom stereocenters. The van der Waals surface area contributed by atoms with E-state index in [9.17, 15) is 17.6 Å². The van der Waals surface area contributed by atoms with Gasteiger partial charge in [0.1, 0.15) is 5.82 Å². The SMILES string of the molecule is O=C(c1cccc(S(=O)(=O)N2CCCC2)c1)N(Cc1c(F)cccc1Cl)C1CC1. The maximum Gasteiger partial charge on any atom is 0.254 e. The first-order chi connectivity index (χ1) is 13.9. The van der Waals surface area contributed by atoms with E-state index in [2.05, 4.69) is 0 Å². The standard InChI is InChI=1S/C21H22ClFN2O3S/c22-19-7-4-8-20(23)18(19)14-25(16-9-10-16)21(26)15-5-3-6-17(13-15)29(27,28)24-11-1-2-12-24/h3-8,13,16H,1-2,9-12,14H2. The van der Waals surface area contributed by atoms with Gasteiger partial charge in [0.15, 0.2) is 0 Å². The van der Waals surface area contributed by atoms with Crippen molar-refractivity contribution < 1.29 is 17.6 Å². The van der Waals surface area contributed by atoms with E-state index in [-0.39, 0.29) is 39.5 Å². The third-order valence-electron chi connectivity index (χ3n) is 5.42. The van der Waals surface area contributed by atoms with E-state index in [1.807, 2.05) is 0 Å². The molecule has 1 saturated heterocycles. The number of sulfonamides is 1. The zero-order valence-electron chi connectivity index (χ0n) is 15.9. The van der Waals surface area contributed by atoms with E-state index in [1.165, 1.54) is 28.6 Å². The zero-order valence-corrected chi connectivity index (χ0v) is 17.4. The molecule has 2 aliphatic rings. The summed E-state index contributed by atoms with van der Waals surface area (Å²) in [5.41, 5.74) is 0.555. The maximum atomic E-state index is 14.2. The van der Waals surface area contributed by atoms with E-state index >= 15 is 0 Å². The Kier molecular flexibility index (Phi) is 5.64. The summed E-state index contributed by atoms with van der Waals surface area (Å²) in [6, 6.07) is 10.6. The van der Waals surface area contributed by atoms with Crippen molar-refractivity contribution in [3.8, 4) is 0 Å². The maximum absolute atomic E-state index is 14.2. The third-order valence-corrected chi connectivity index (χ3v) is 7.67. The lowest BCUT2D eigenvalue weighted by molar-refractivity contribution is 0.0728. The van der Waals surface area contributed by atoms with E-state index in [0.717, 1.165) is 25.7 Å². The molecule has 0 N–H and O–H groups in total. The summed E-state index contributed by atoms with van der Waals surface area (Å²) in [5.74, 6) is -0.772. The Balaban J connectivity index is 1.62. The molecule has 0 spiro atoms. The summed E-state index contributed by atoms with van der Waals surface area (Å²) in [6.45, 7) is 1.05. The predicted molar refractivity (Wildman–Crippen MR) is 109 cm³/mol. The zero-order chi connectivity index (χ0) is 20.6. The molecule has 4 rings (SSSR count). The van der Waals surface area contributed by atoms with Gasteiger partial charge in [-0.15, -0.1) is 0 Å². The molecule has 5 nitrogen and oxygen atoms in total. The van der Waals surface area contributed by atoms with E-state index in [4.69, 9.17) is 11.6 Å². The Bertz CT molecular complexity index is 1010. The second kappa shape index (κ2) is 8.05. The fourth-order valence-corrected chi connectivity index (χ4v) is 5.43. The van der Waals surface area contributed by atoms with Crippen molar-refractivity contribution in [2.45, 2.75) is 43.2 Å². The predicted octanol–water partition coefficient (Wildman–Crippen LogP) is 4.07. The Morgan fingerprint density at radius 1 is 1.14 bits per heavy atom. The van der Waals surface area contributed by atoms with Crippen LogP contribution in [0.3, 0.4) is 0 Å². The molecule has 29 heavy (non-hydrogen) atoms. The molecule has 1 aliphatic heterocycles. The van der Waals surface area contributed by atoms with Crippen molar-refractivity contribution in [1.29, 1.82) is 0 Å². The lowest BCUT2D eigenvalue weighted by Crippen LogP contribution is -2.33. The Morgan fingerprint density at radius 3 is 2.48 bits per heavy atom. The van der Waals surface area contributed by atoms with Gasteiger partial charge >= 0.3 is 0 Å². The van der Waals surface area contributed by atoms with Gasteiger partial charge < -0.3 is 4.90 Å². The lowest BCUT2D eigenvalue weighted by atomic mass is 10.1. The van der Waals surface area contributed by atoms with Crippen LogP contribution >= 0.6 is 11.6 Å². The average molecular weight is 437 g/mol. The molecule has 1 saturated carbocycles. The number of hydrogen-bond donors (Lipinski definition) is 0. The van der Waals surface area contributed by atoms with Gasteiger partial charge in [-0.25, -0.2) is 12.8 Å². The molecule has 1 heterocycles. The number of carbonyl (C=O) groups excluding carboxylic acids is 1. The topological polar surface area (TPSA) is 57.7 Å². The van der Waals surface area contributed by atoms with Gasteiger partial charge in [-0.3, -0.25) is 4.79 Å². The van der Waals surface area contributed by atoms with Crippen molar-refractivity contribution in [2.75, 3.05) is 13.1 Å². The van der Waals surface area contributed by atoms with Crippen LogP contribution in [0.1, 0.15) is 41.6 Å². The minimum atomic E-state index is -3.62. The number of rotatable bonds is 6. The number of amides is 1. The minimum Gasteiger partial charge on any atom is -0.331 e. The molecule has 154 valence electrons. The van der Waals surface area contributed by atoms with Gasteiger partial charge in [-0.05, 0) is 56.0 Å². The molecule has 2 fully saturated rings. The molecular weight excluding hydrogens is 415 g/mol. The number of carbonyl (C=O) groups is 1. The van der Waals surface area contributed by atoms with E-state index in [0.29, 0.717) is 13.1 Å². The molecule has 0 atom stereocenters. The monoisotopic (exact) mass is 436 g/mol. The van der Waals surface area contributed by atoms with Crippen molar-refractivity contribution in [1.82, 2.24) is 9.21 Å². The van der Waals surface area contributed by atoms with Crippen LogP contribution in [-0.4, -0.2) is 42.7 Å². The normalized spacial score (nSPS) is 17.4. The van der Waals surface area contributed by atoms with Crippen molar-refractivity contribution in [3.05, 3.63) is 64.4 Å². The van der Waals surface area contributed by atoms with Crippen molar-refractivity contribution >= 4 is 27.5 Å². The highest BCUT2D eigenvalue weighted by molar-refractivity contribution is 7.89. The van der Waals surface area contributed by atoms with Crippen LogP contribution in [0.25, 0.3) is 0 Å². The fourth-order valence-electron chi connectivity index (χ4n) is 3.64. The molecular formula is C21H22ClFN2O3S. The quantitative estimate of drug-likeness (QED) is 0.685. The van der Waals surface area contributed by atoms with Crippen LogP contribution in [0, 0.1) is 5.82 Å². The molecule has 1 aliphatic carbocycles. The molecule has 0 aromatic heterocycles. The second-order valence-electron chi connectivity index (χ2n) is 7.50. The Hall–Kier alpha value is -1.96. The smallest absolute Gasteiger partial charge is 0.254 e. The number of nitrogens with zero attached hydrogens (tertiary/aromatic N) is 2. The molecule has 0 radical (unpaired) electrons. The van der Waals surface area contributed by atoms with Gasteiger partial charge in [-0.2, -0.15) is 4.31 Å². The first kappa shape index (κ1) is 20.3. The lowest BCUT2D eigenvalue weighted by Gasteiger charge is -2.24. The Morgan fingerprint density at radius 2 is 1.83 bits per heavy atom. The summed E-state index contributed by atoms with van der Waals surface area (Å²) < 4.78 is 41.4. The Labute approximate surface area is 175 Å². The summed E-state index contributed by atoms with van der Waals surface area (Å²) in [5, 5.41) is 0.272. The first-order valence-electron chi connectivity index (χ1n) is 9.72. The van der Waals surface area contributed by atoms with E-state index < -0.39 is 15.8 Å². The van der Waals surface area contributed by atoms with Crippen LogP contribution in [0.5, 0.6) is 0 Å². The highest BCUT2D eigenvalue weighted by Crippen LogP contribution is 2.32. The molecule has 2 aromatic carbocycles. The van der Waals surface area contributed by atoms with Gasteiger partial charge in [0.25, 0.3) is 5.91 Å². The summed E-state index contributed by atoms with van der Waals surface area (Å²) in [4.78, 5) is 14.9. The van der Waals surface area contributed by atoms with Gasteiger partial charge in [0.2, 0.25) is 10.0 Å². The third kappa shape index (κ3) is 4.17. The number of hydrogen-bond acceptors (Lipinski definition) is 3. The van der Waals surface area contributed by atoms with Crippen LogP contribution in [0.4, 0.5) is 4.39 Å². The van der Waals surface area contributed by atoms with Gasteiger partial charge in [0, 0.05) is 35.3 Å². The molecule has 8 heteroatoms. The second-order valence-corrected chi connectivity index (χ2v) is 9.85. The molecule has 1 amide bonds. The summed E-state index contributed by atoms with van der Waals surface area (Å²) in [7, 11) is -3.62. The van der Waals surface area contributed by atoms with Crippen LogP contribution in [0.15, 0.2) is 47.4 Å². The fraction of sp³-hybridized carbons (Fsp3) is 0.381. The summed E-state index contributed by atoms with van der Waals surface area (Å²) in [6.07, 6.45) is 3.36. The van der Waals surface area contributed by atoms with Crippen LogP contribution in [0.2, 0.25) is 5.02 Å². The van der Waals surface area contributed by atoms with Crippen LogP contribution < -0.4 is 0 Å². The first-order valence-corrected chi connectivity index (χ1v) is 11.5. The molecule has 0 bridgehead atoms. The largest absolute Gasteiger partial charge is 0.331 e. The number of benzene rings is 2. The van der Waals surface area contributed by atoms with Crippen molar-refractivity contribution in [3.63, 3.8) is 0 Å². The minimum absolute atomic E-state index is 0.0111. The van der Waals surface area contributed by atoms with Gasteiger partial charge in [-0.1, -0.05) is 23.7 Å². The average Bonchev–Trinajstić information content (AvgIpc) is 3.38.